The number of halogens is 1. The maximum Gasteiger partial charge on any atom is 0.151 e. The monoisotopic (exact) mass is 279 g/mol. The lowest BCUT2D eigenvalue weighted by Crippen LogP contribution is -2.13. The van der Waals surface area contributed by atoms with Crippen LogP contribution < -0.4 is 5.46 Å². The topological polar surface area (TPSA) is 28.7 Å². The van der Waals surface area contributed by atoms with Crippen LogP contribution in [-0.2, 0) is 6.42 Å². The van der Waals surface area contributed by atoms with Gasteiger partial charge in [0.05, 0.1) is 6.33 Å². The summed E-state index contributed by atoms with van der Waals surface area (Å²) in [6.07, 6.45) is 7.09. The maximum atomic E-state index is 12.7. The van der Waals surface area contributed by atoms with Crippen LogP contribution in [0.1, 0.15) is 5.56 Å². The molecule has 1 heterocycles. The lowest BCUT2D eigenvalue weighted by molar-refractivity contribution is 0.628. The molecule has 0 atom stereocenters. The Bertz CT molecular complexity index is 577. The molecular formula is C17H17BFN2. The van der Waals surface area contributed by atoms with Crippen LogP contribution in [-0.4, -0.2) is 17.2 Å². The predicted octanol–water partition coefficient (Wildman–Crippen LogP) is 3.23. The first kappa shape index (κ1) is 15.0. The van der Waals surface area contributed by atoms with Crippen molar-refractivity contribution in [2.45, 2.75) is 12.7 Å². The van der Waals surface area contributed by atoms with E-state index >= 15 is 0 Å². The van der Waals surface area contributed by atoms with E-state index in [0.717, 1.165) is 18.2 Å². The van der Waals surface area contributed by atoms with E-state index in [2.05, 4.69) is 29.4 Å². The molecule has 1 aromatic heterocycles. The van der Waals surface area contributed by atoms with Gasteiger partial charge in [-0.05, 0) is 24.1 Å². The second-order valence-corrected chi connectivity index (χ2v) is 4.54. The van der Waals surface area contributed by atoms with Gasteiger partial charge in [-0.1, -0.05) is 54.2 Å². The van der Waals surface area contributed by atoms with Gasteiger partial charge in [0.1, 0.15) is 5.82 Å². The molecule has 4 heteroatoms. The third-order valence-electron chi connectivity index (χ3n) is 2.93. The van der Waals surface area contributed by atoms with Crippen molar-refractivity contribution >= 4 is 12.7 Å². The SMILES string of the molecule is Fc1ccc([B]CCc2ccccc2)cc1.c1c[nH]cn1. The van der Waals surface area contributed by atoms with Crippen molar-refractivity contribution in [3.8, 4) is 0 Å². The molecule has 0 aliphatic carbocycles. The van der Waals surface area contributed by atoms with Gasteiger partial charge in [-0.2, -0.15) is 0 Å². The molecule has 0 saturated carbocycles. The molecule has 0 unspecified atom stereocenters. The van der Waals surface area contributed by atoms with E-state index in [4.69, 9.17) is 0 Å². The number of benzene rings is 2. The van der Waals surface area contributed by atoms with Crippen LogP contribution in [0.15, 0.2) is 73.3 Å². The van der Waals surface area contributed by atoms with Gasteiger partial charge >= 0.3 is 0 Å². The van der Waals surface area contributed by atoms with Gasteiger partial charge in [0.15, 0.2) is 7.28 Å². The van der Waals surface area contributed by atoms with Gasteiger partial charge in [0.25, 0.3) is 0 Å². The van der Waals surface area contributed by atoms with Gasteiger partial charge in [0, 0.05) is 12.4 Å². The average Bonchev–Trinajstić information content (AvgIpc) is 3.10. The Kier molecular flexibility index (Phi) is 6.26. The molecule has 105 valence electrons. The molecular weight excluding hydrogens is 262 g/mol. The smallest absolute Gasteiger partial charge is 0.151 e. The van der Waals surface area contributed by atoms with Gasteiger partial charge in [0.2, 0.25) is 0 Å². The van der Waals surface area contributed by atoms with Crippen molar-refractivity contribution in [2.24, 2.45) is 0 Å². The highest BCUT2D eigenvalue weighted by atomic mass is 19.1. The molecule has 3 rings (SSSR count). The molecule has 3 aromatic rings. The van der Waals surface area contributed by atoms with Crippen molar-refractivity contribution in [3.63, 3.8) is 0 Å². The van der Waals surface area contributed by atoms with Gasteiger partial charge < -0.3 is 4.98 Å². The van der Waals surface area contributed by atoms with E-state index in [1.807, 2.05) is 18.2 Å². The molecule has 0 bridgehead atoms. The van der Waals surface area contributed by atoms with Crippen LogP contribution in [0.2, 0.25) is 6.32 Å². The second kappa shape index (κ2) is 8.74. The van der Waals surface area contributed by atoms with E-state index in [1.165, 1.54) is 17.7 Å². The summed E-state index contributed by atoms with van der Waals surface area (Å²) >= 11 is 0. The molecule has 0 amide bonds. The maximum absolute atomic E-state index is 12.7. The fourth-order valence-electron chi connectivity index (χ4n) is 1.86. The highest BCUT2D eigenvalue weighted by Crippen LogP contribution is 2.02. The first-order valence-electron chi connectivity index (χ1n) is 6.90. The molecule has 0 saturated heterocycles. The van der Waals surface area contributed by atoms with Crippen LogP contribution in [0.4, 0.5) is 4.39 Å². The predicted molar refractivity (Wildman–Crippen MR) is 85.3 cm³/mol. The van der Waals surface area contributed by atoms with Crippen molar-refractivity contribution in [3.05, 3.63) is 84.7 Å². The molecule has 0 spiro atoms. The summed E-state index contributed by atoms with van der Waals surface area (Å²) in [5, 5.41) is 0. The number of hydrogen-bond donors (Lipinski definition) is 1. The fourth-order valence-corrected chi connectivity index (χ4v) is 1.86. The highest BCUT2D eigenvalue weighted by molar-refractivity contribution is 6.53. The molecule has 2 nitrogen and oxygen atoms in total. The number of nitrogens with one attached hydrogen (secondary N) is 1. The molecule has 0 fully saturated rings. The van der Waals surface area contributed by atoms with Crippen molar-refractivity contribution < 1.29 is 4.39 Å². The van der Waals surface area contributed by atoms with Crippen LogP contribution in [0.3, 0.4) is 0 Å². The zero-order valence-corrected chi connectivity index (χ0v) is 11.7. The largest absolute Gasteiger partial charge is 0.351 e. The first-order chi connectivity index (χ1) is 10.3. The van der Waals surface area contributed by atoms with E-state index in [-0.39, 0.29) is 5.82 Å². The Balaban J connectivity index is 0.000000272. The number of imidazole rings is 1. The number of H-pyrrole nitrogens is 1. The zero-order chi connectivity index (χ0) is 14.8. The first-order valence-corrected chi connectivity index (χ1v) is 6.90. The van der Waals surface area contributed by atoms with Crippen LogP contribution >= 0.6 is 0 Å². The van der Waals surface area contributed by atoms with Crippen LogP contribution in [0.25, 0.3) is 0 Å². The van der Waals surface area contributed by atoms with E-state index in [1.54, 1.807) is 30.9 Å². The lowest BCUT2D eigenvalue weighted by atomic mass is 9.66. The fraction of sp³-hybridized carbons (Fsp3) is 0.118. The quantitative estimate of drug-likeness (QED) is 0.730. The van der Waals surface area contributed by atoms with Crippen molar-refractivity contribution in [1.29, 1.82) is 0 Å². The van der Waals surface area contributed by atoms with E-state index < -0.39 is 0 Å². The number of nitrogens with zero attached hydrogens (tertiary/aromatic N) is 1. The molecule has 1 N–H and O–H groups in total. The van der Waals surface area contributed by atoms with Crippen molar-refractivity contribution in [2.75, 3.05) is 0 Å². The number of aromatic nitrogens is 2. The lowest BCUT2D eigenvalue weighted by Gasteiger charge is -2.00. The van der Waals surface area contributed by atoms with Gasteiger partial charge in [-0.15, -0.1) is 0 Å². The number of rotatable bonds is 4. The van der Waals surface area contributed by atoms with E-state index in [9.17, 15) is 4.39 Å². The summed E-state index contributed by atoms with van der Waals surface area (Å²) < 4.78 is 12.7. The molecule has 1 radical (unpaired) electrons. The number of hydrogen-bond acceptors (Lipinski definition) is 1. The summed E-state index contributed by atoms with van der Waals surface area (Å²) in [5.41, 5.74) is 2.41. The highest BCUT2D eigenvalue weighted by Gasteiger charge is 1.97. The minimum atomic E-state index is -0.180. The Hall–Kier alpha value is -2.36. The Morgan fingerprint density at radius 3 is 2.33 bits per heavy atom. The standard InChI is InChI=1S/C14H13BF.C3H4N2/c16-14-8-6-13(7-9-14)15-11-10-12-4-2-1-3-5-12;1-2-5-3-4-1/h1-9H,10-11H2;1-3H,(H,4,5). The zero-order valence-electron chi connectivity index (χ0n) is 11.7. The minimum absolute atomic E-state index is 0.180. The van der Waals surface area contributed by atoms with Crippen molar-refractivity contribution in [1.82, 2.24) is 9.97 Å². The Labute approximate surface area is 125 Å². The van der Waals surface area contributed by atoms with Crippen LogP contribution in [0, 0.1) is 5.82 Å². The number of aromatic amines is 1. The average molecular weight is 279 g/mol. The van der Waals surface area contributed by atoms with Gasteiger partial charge in [-0.25, -0.2) is 9.37 Å². The molecule has 2 aromatic carbocycles. The summed E-state index contributed by atoms with van der Waals surface area (Å²) in [7, 11) is 2.13. The summed E-state index contributed by atoms with van der Waals surface area (Å²) in [6.45, 7) is 0. The normalized spacial score (nSPS) is 9.57. The third kappa shape index (κ3) is 6.08. The molecule has 21 heavy (non-hydrogen) atoms. The van der Waals surface area contributed by atoms with Gasteiger partial charge in [-0.3, -0.25) is 0 Å². The summed E-state index contributed by atoms with van der Waals surface area (Å²) in [4.78, 5) is 6.42. The summed E-state index contributed by atoms with van der Waals surface area (Å²) in [6, 6.07) is 17.0. The molecule has 0 aliphatic rings. The third-order valence-corrected chi connectivity index (χ3v) is 2.93. The van der Waals surface area contributed by atoms with Crippen LogP contribution in [0.5, 0.6) is 0 Å². The number of aryl methyl sites for hydroxylation is 1. The molecule has 0 aliphatic heterocycles. The summed E-state index contributed by atoms with van der Waals surface area (Å²) in [5.74, 6) is -0.180. The Morgan fingerprint density at radius 1 is 1.00 bits per heavy atom. The second-order valence-electron chi connectivity index (χ2n) is 4.54. The minimum Gasteiger partial charge on any atom is -0.351 e. The Morgan fingerprint density at radius 2 is 1.76 bits per heavy atom. The van der Waals surface area contributed by atoms with E-state index in [0.29, 0.717) is 0 Å².